The predicted molar refractivity (Wildman–Crippen MR) is 112 cm³/mol. The van der Waals surface area contributed by atoms with Crippen LogP contribution in [0.2, 0.25) is 0 Å². The molecule has 1 atom stereocenters. The first-order valence-corrected chi connectivity index (χ1v) is 12.5. The van der Waals surface area contributed by atoms with Crippen LogP contribution in [0.3, 0.4) is 0 Å². The fourth-order valence-electron chi connectivity index (χ4n) is 3.38. The summed E-state index contributed by atoms with van der Waals surface area (Å²) in [5.41, 5.74) is 2.36. The summed E-state index contributed by atoms with van der Waals surface area (Å²) in [6.07, 6.45) is 0.400. The number of rotatable bonds is 5. The molecule has 152 valence electrons. The van der Waals surface area contributed by atoms with Crippen molar-refractivity contribution in [2.75, 3.05) is 16.2 Å². The highest BCUT2D eigenvalue weighted by atomic mass is 32.2. The molecule has 1 aromatic heterocycles. The molecule has 1 aliphatic rings. The van der Waals surface area contributed by atoms with Gasteiger partial charge in [0, 0.05) is 11.6 Å². The van der Waals surface area contributed by atoms with Crippen LogP contribution in [-0.2, 0) is 19.9 Å². The van der Waals surface area contributed by atoms with E-state index < -0.39 is 25.9 Å². The molecule has 0 unspecified atom stereocenters. The minimum Gasteiger partial charge on any atom is -0.264 e. The molecule has 1 saturated heterocycles. The van der Waals surface area contributed by atoms with Crippen molar-refractivity contribution in [3.05, 3.63) is 66.2 Å². The maximum atomic E-state index is 12.9. The zero-order valence-electron chi connectivity index (χ0n) is 15.8. The highest BCUT2D eigenvalue weighted by Gasteiger charge is 2.32. The number of sulfone groups is 1. The average Bonchev–Trinajstić information content (AvgIpc) is 3.25. The van der Waals surface area contributed by atoms with Gasteiger partial charge in [0.1, 0.15) is 5.82 Å². The molecule has 1 fully saturated rings. The summed E-state index contributed by atoms with van der Waals surface area (Å²) < 4.78 is 53.8. The van der Waals surface area contributed by atoms with Crippen molar-refractivity contribution in [3.63, 3.8) is 0 Å². The predicted octanol–water partition coefficient (Wildman–Crippen LogP) is 3.02. The largest absolute Gasteiger partial charge is 0.264 e. The van der Waals surface area contributed by atoms with Crippen LogP contribution in [0.4, 0.5) is 5.82 Å². The van der Waals surface area contributed by atoms with Crippen molar-refractivity contribution >= 4 is 25.7 Å². The molecule has 1 N–H and O–H groups in total. The average molecular weight is 432 g/mol. The molecular weight excluding hydrogens is 410 g/mol. The third kappa shape index (κ3) is 4.20. The van der Waals surface area contributed by atoms with Gasteiger partial charge >= 0.3 is 0 Å². The van der Waals surface area contributed by atoms with Gasteiger partial charge in [-0.1, -0.05) is 48.0 Å². The summed E-state index contributed by atoms with van der Waals surface area (Å²) in [6.45, 7) is 1.88. The number of nitrogens with one attached hydrogen (secondary N) is 1. The summed E-state index contributed by atoms with van der Waals surface area (Å²) in [7, 11) is -6.99. The van der Waals surface area contributed by atoms with Crippen molar-refractivity contribution in [2.24, 2.45) is 0 Å². The molecule has 2 heterocycles. The van der Waals surface area contributed by atoms with Crippen LogP contribution in [0.25, 0.3) is 11.3 Å². The van der Waals surface area contributed by atoms with Crippen LogP contribution in [0.5, 0.6) is 0 Å². The maximum Gasteiger partial charge on any atom is 0.263 e. The molecule has 2 aromatic carbocycles. The maximum absolute atomic E-state index is 12.9. The molecular formula is C20H21N3O4S2. The zero-order valence-corrected chi connectivity index (χ0v) is 17.4. The zero-order chi connectivity index (χ0) is 20.6. The molecule has 29 heavy (non-hydrogen) atoms. The van der Waals surface area contributed by atoms with E-state index in [1.165, 1.54) is 16.8 Å². The van der Waals surface area contributed by atoms with Gasteiger partial charge in [-0.25, -0.2) is 21.5 Å². The van der Waals surface area contributed by atoms with E-state index in [1.54, 1.807) is 18.2 Å². The van der Waals surface area contributed by atoms with Crippen LogP contribution in [-0.4, -0.2) is 38.1 Å². The lowest BCUT2D eigenvalue weighted by Crippen LogP contribution is -2.20. The van der Waals surface area contributed by atoms with Crippen LogP contribution < -0.4 is 4.72 Å². The van der Waals surface area contributed by atoms with Gasteiger partial charge in [0.2, 0.25) is 0 Å². The van der Waals surface area contributed by atoms with Gasteiger partial charge in [-0.15, -0.1) is 0 Å². The van der Waals surface area contributed by atoms with E-state index in [9.17, 15) is 16.8 Å². The molecule has 0 saturated carbocycles. The van der Waals surface area contributed by atoms with Gasteiger partial charge in [-0.05, 0) is 25.5 Å². The van der Waals surface area contributed by atoms with Gasteiger partial charge in [0.15, 0.2) is 9.84 Å². The van der Waals surface area contributed by atoms with Crippen molar-refractivity contribution in [3.8, 4) is 11.3 Å². The summed E-state index contributed by atoms with van der Waals surface area (Å²) >= 11 is 0. The van der Waals surface area contributed by atoms with Crippen molar-refractivity contribution in [1.82, 2.24) is 9.78 Å². The molecule has 0 radical (unpaired) electrons. The number of hydrogen-bond donors (Lipinski definition) is 1. The normalized spacial score (nSPS) is 18.6. The minimum atomic E-state index is -3.84. The van der Waals surface area contributed by atoms with E-state index in [-0.39, 0.29) is 22.2 Å². The minimum absolute atomic E-state index is 0.0534. The highest BCUT2D eigenvalue weighted by molar-refractivity contribution is 7.92. The Kier molecular flexibility index (Phi) is 4.95. The van der Waals surface area contributed by atoms with Gasteiger partial charge in [0.05, 0.1) is 28.1 Å². The molecule has 9 heteroatoms. The van der Waals surface area contributed by atoms with E-state index in [0.29, 0.717) is 12.1 Å². The second kappa shape index (κ2) is 7.31. The molecule has 7 nitrogen and oxygen atoms in total. The molecule has 0 amide bonds. The van der Waals surface area contributed by atoms with Gasteiger partial charge < -0.3 is 0 Å². The summed E-state index contributed by atoms with van der Waals surface area (Å²) in [4.78, 5) is 0.135. The van der Waals surface area contributed by atoms with Gasteiger partial charge in [-0.2, -0.15) is 5.10 Å². The smallest absolute Gasteiger partial charge is 0.263 e. The summed E-state index contributed by atoms with van der Waals surface area (Å²) in [5, 5.41) is 4.55. The Balaban J connectivity index is 1.75. The van der Waals surface area contributed by atoms with Crippen LogP contribution >= 0.6 is 0 Å². The second-order valence-corrected chi connectivity index (χ2v) is 11.1. The summed E-state index contributed by atoms with van der Waals surface area (Å²) in [6, 6.07) is 17.1. The number of sulfonamides is 1. The Morgan fingerprint density at radius 2 is 1.76 bits per heavy atom. The Labute approximate surface area is 170 Å². The van der Waals surface area contributed by atoms with Crippen LogP contribution in [0, 0.1) is 6.92 Å². The number of aromatic nitrogens is 2. The standard InChI is InChI=1S/C20H21N3O4S2/c1-15-7-9-18(10-8-15)29(26,27)22-20-13-19(16-5-3-2-4-6-16)21-23(20)17-11-12-28(24,25)14-17/h2-10,13,17,22H,11-12,14H2,1H3/t17-/m1/s1. The molecule has 3 aromatic rings. The topological polar surface area (TPSA) is 98.1 Å². The molecule has 0 spiro atoms. The van der Waals surface area contributed by atoms with E-state index >= 15 is 0 Å². The molecule has 4 rings (SSSR count). The van der Waals surface area contributed by atoms with E-state index in [2.05, 4.69) is 9.82 Å². The number of hydrogen-bond acceptors (Lipinski definition) is 5. The SMILES string of the molecule is Cc1ccc(S(=O)(=O)Nc2cc(-c3ccccc3)nn2[C@@H]2CCS(=O)(=O)C2)cc1. The molecule has 0 bridgehead atoms. The lowest BCUT2D eigenvalue weighted by molar-refractivity contribution is 0.507. The third-order valence-corrected chi connectivity index (χ3v) is 8.05. The first-order valence-electron chi connectivity index (χ1n) is 9.18. The quantitative estimate of drug-likeness (QED) is 0.670. The highest BCUT2D eigenvalue weighted by Crippen LogP contribution is 2.31. The van der Waals surface area contributed by atoms with Crippen molar-refractivity contribution < 1.29 is 16.8 Å². The first-order chi connectivity index (χ1) is 13.7. The molecule has 1 aliphatic heterocycles. The van der Waals surface area contributed by atoms with Crippen molar-refractivity contribution in [2.45, 2.75) is 24.3 Å². The fourth-order valence-corrected chi connectivity index (χ4v) is 6.11. The van der Waals surface area contributed by atoms with Gasteiger partial charge in [-0.3, -0.25) is 4.72 Å². The second-order valence-electron chi connectivity index (χ2n) is 7.20. The van der Waals surface area contributed by atoms with Crippen LogP contribution in [0.1, 0.15) is 18.0 Å². The number of benzene rings is 2. The van der Waals surface area contributed by atoms with Gasteiger partial charge in [0.25, 0.3) is 10.0 Å². The Morgan fingerprint density at radius 1 is 1.07 bits per heavy atom. The lowest BCUT2D eigenvalue weighted by Gasteiger charge is -2.14. The Morgan fingerprint density at radius 3 is 2.38 bits per heavy atom. The Hall–Kier alpha value is -2.65. The van der Waals surface area contributed by atoms with Crippen LogP contribution in [0.15, 0.2) is 65.6 Å². The number of nitrogens with zero attached hydrogens (tertiary/aromatic N) is 2. The van der Waals surface area contributed by atoms with E-state index in [0.717, 1.165) is 11.1 Å². The first kappa shape index (κ1) is 19.7. The Bertz CT molecular complexity index is 1230. The number of aryl methyl sites for hydroxylation is 1. The third-order valence-electron chi connectivity index (χ3n) is 4.93. The number of anilines is 1. The van der Waals surface area contributed by atoms with E-state index in [1.807, 2.05) is 37.3 Å². The fraction of sp³-hybridized carbons (Fsp3) is 0.250. The monoisotopic (exact) mass is 431 g/mol. The molecule has 0 aliphatic carbocycles. The van der Waals surface area contributed by atoms with Crippen molar-refractivity contribution in [1.29, 1.82) is 0 Å². The van der Waals surface area contributed by atoms with E-state index in [4.69, 9.17) is 0 Å². The lowest BCUT2D eigenvalue weighted by atomic mass is 10.2. The summed E-state index contributed by atoms with van der Waals surface area (Å²) in [5.74, 6) is 0.274.